The Balaban J connectivity index is 2.75. The fraction of sp³-hybridized carbons (Fsp3) is 0.750. The van der Waals surface area contributed by atoms with Crippen molar-refractivity contribution in [1.82, 2.24) is 0 Å². The fourth-order valence-electron chi connectivity index (χ4n) is 0.0891. The van der Waals surface area contributed by atoms with Crippen molar-refractivity contribution < 1.29 is 0 Å². The van der Waals surface area contributed by atoms with Gasteiger partial charge in [0.05, 0.1) is 0 Å². The lowest BCUT2D eigenvalue weighted by molar-refractivity contribution is 0.982. The average molecular weight is 215 g/mol. The monoisotopic (exact) mass is 213 g/mol. The van der Waals surface area contributed by atoms with E-state index in [4.69, 9.17) is 0 Å². The lowest BCUT2D eigenvalue weighted by Gasteiger charge is -1.94. The highest BCUT2D eigenvalue weighted by Crippen LogP contribution is 2.10. The first-order valence-electron chi connectivity index (χ1n) is 1.89. The third-order valence-corrected chi connectivity index (χ3v) is 2.79. The molecule has 0 aliphatic carbocycles. The molecule has 1 atom stereocenters. The van der Waals surface area contributed by atoms with Crippen molar-refractivity contribution in [2.75, 3.05) is 0 Å². The summed E-state index contributed by atoms with van der Waals surface area (Å²) in [6.45, 7) is 2.12. The van der Waals surface area contributed by atoms with E-state index in [0.29, 0.717) is 4.83 Å². The normalized spacial score (nSPS) is 14.5. The predicted molar refractivity (Wildman–Crippen MR) is 36.2 cm³/mol. The first-order chi connectivity index (χ1) is 2.81. The highest BCUT2D eigenvalue weighted by molar-refractivity contribution is 9.13. The van der Waals surface area contributed by atoms with Crippen molar-refractivity contribution >= 4 is 31.9 Å². The highest BCUT2D eigenvalue weighted by atomic mass is 79.9. The van der Waals surface area contributed by atoms with Gasteiger partial charge in [-0.3, -0.25) is 0 Å². The molecule has 0 amide bonds. The second-order valence-corrected chi connectivity index (χ2v) is 2.76. The Morgan fingerprint density at radius 3 is 2.33 bits per heavy atom. The van der Waals surface area contributed by atoms with Crippen molar-refractivity contribution in [2.45, 2.75) is 18.2 Å². The summed E-state index contributed by atoms with van der Waals surface area (Å²) in [6, 6.07) is 0. The van der Waals surface area contributed by atoms with Gasteiger partial charge in [0, 0.05) is 10.2 Å². The molecule has 1 unspecified atom stereocenters. The van der Waals surface area contributed by atoms with Crippen LogP contribution in [0.15, 0.2) is 0 Å². The van der Waals surface area contributed by atoms with E-state index in [-0.39, 0.29) is 0 Å². The van der Waals surface area contributed by atoms with Crippen LogP contribution in [0.25, 0.3) is 0 Å². The molecule has 0 aromatic carbocycles. The van der Waals surface area contributed by atoms with Gasteiger partial charge in [0.15, 0.2) is 0 Å². The summed E-state index contributed by atoms with van der Waals surface area (Å²) in [5, 5.41) is 1.95. The maximum atomic E-state index is 3.37. The molecule has 6 heavy (non-hydrogen) atoms. The maximum Gasteiger partial charge on any atom is 0.0406 e. The minimum atomic E-state index is 0.539. The lowest BCUT2D eigenvalue weighted by atomic mass is 10.4. The van der Waals surface area contributed by atoms with Crippen LogP contribution in [0.5, 0.6) is 0 Å². The van der Waals surface area contributed by atoms with Gasteiger partial charge in [-0.25, -0.2) is 0 Å². The second kappa shape index (κ2) is 4.13. The number of hydrogen-bond acceptors (Lipinski definition) is 0. The summed E-state index contributed by atoms with van der Waals surface area (Å²) < 4.78 is 0. The van der Waals surface area contributed by atoms with Crippen LogP contribution in [-0.4, -0.2) is 4.83 Å². The van der Waals surface area contributed by atoms with Crippen LogP contribution >= 0.6 is 31.9 Å². The van der Waals surface area contributed by atoms with E-state index < -0.39 is 0 Å². The van der Waals surface area contributed by atoms with Gasteiger partial charge in [0.1, 0.15) is 0 Å². The zero-order valence-electron chi connectivity index (χ0n) is 3.62. The maximum absolute atomic E-state index is 3.37. The van der Waals surface area contributed by atoms with Crippen LogP contribution in [-0.2, 0) is 0 Å². The van der Waals surface area contributed by atoms with Crippen LogP contribution in [0, 0.1) is 5.33 Å². The van der Waals surface area contributed by atoms with Crippen molar-refractivity contribution in [1.29, 1.82) is 0 Å². The van der Waals surface area contributed by atoms with Gasteiger partial charge in [-0.1, -0.05) is 38.8 Å². The van der Waals surface area contributed by atoms with Crippen LogP contribution in [0.2, 0.25) is 0 Å². The van der Waals surface area contributed by atoms with Crippen molar-refractivity contribution in [3.63, 3.8) is 0 Å². The van der Waals surface area contributed by atoms with Crippen molar-refractivity contribution in [3.8, 4) is 0 Å². The van der Waals surface area contributed by atoms with E-state index in [1.807, 2.05) is 5.33 Å². The minimum Gasteiger partial charge on any atom is -0.0878 e. The van der Waals surface area contributed by atoms with Crippen molar-refractivity contribution in [3.05, 3.63) is 5.33 Å². The largest absolute Gasteiger partial charge is 0.0878 e. The zero-order valence-corrected chi connectivity index (χ0v) is 6.79. The Morgan fingerprint density at radius 1 is 1.83 bits per heavy atom. The van der Waals surface area contributed by atoms with Crippen LogP contribution in [0.3, 0.4) is 0 Å². The standard InChI is InChI=1S/C4H7Br2/c1-2-4(6)3-5/h3-4H,2H2,1H3. The quantitative estimate of drug-likeness (QED) is 0.621. The summed E-state index contributed by atoms with van der Waals surface area (Å²) in [5.74, 6) is 0. The molecule has 0 aliphatic rings. The first kappa shape index (κ1) is 6.96. The first-order valence-corrected chi connectivity index (χ1v) is 3.72. The molecule has 0 bridgehead atoms. The molecule has 0 nitrogen and oxygen atoms in total. The molecular weight excluding hydrogens is 208 g/mol. The van der Waals surface area contributed by atoms with Gasteiger partial charge in [-0.15, -0.1) is 0 Å². The van der Waals surface area contributed by atoms with E-state index in [2.05, 4.69) is 38.8 Å². The third-order valence-electron chi connectivity index (χ3n) is 0.527. The molecular formula is C4H7Br2. The molecule has 37 valence electrons. The predicted octanol–water partition coefficient (Wildman–Crippen LogP) is 2.72. The zero-order chi connectivity index (χ0) is 4.99. The molecule has 0 N–H and O–H groups in total. The van der Waals surface area contributed by atoms with E-state index in [1.54, 1.807) is 0 Å². The fourth-order valence-corrected chi connectivity index (χ4v) is 0.463. The average Bonchev–Trinajstić information content (AvgIpc) is 1.65. The van der Waals surface area contributed by atoms with Gasteiger partial charge in [0.25, 0.3) is 0 Å². The summed E-state index contributed by atoms with van der Waals surface area (Å²) in [7, 11) is 0. The van der Waals surface area contributed by atoms with Crippen LogP contribution in [0.4, 0.5) is 0 Å². The Kier molecular flexibility index (Phi) is 4.79. The van der Waals surface area contributed by atoms with Gasteiger partial charge in [-0.2, -0.15) is 0 Å². The Morgan fingerprint density at radius 2 is 2.33 bits per heavy atom. The molecule has 0 saturated carbocycles. The molecule has 0 aromatic rings. The summed E-state index contributed by atoms with van der Waals surface area (Å²) in [4.78, 5) is 0.539. The smallest absolute Gasteiger partial charge is 0.0406 e. The Labute approximate surface area is 55.6 Å². The van der Waals surface area contributed by atoms with Crippen molar-refractivity contribution in [2.24, 2.45) is 0 Å². The molecule has 0 aromatic heterocycles. The molecule has 0 fully saturated rings. The number of halogens is 2. The van der Waals surface area contributed by atoms with E-state index in [0.717, 1.165) is 6.42 Å². The van der Waals surface area contributed by atoms with Crippen LogP contribution < -0.4 is 0 Å². The molecule has 0 rings (SSSR count). The SMILES string of the molecule is CCC(Br)[CH]Br. The van der Waals surface area contributed by atoms with Gasteiger partial charge >= 0.3 is 0 Å². The topological polar surface area (TPSA) is 0 Å². The third kappa shape index (κ3) is 3.16. The molecule has 0 heterocycles. The van der Waals surface area contributed by atoms with E-state index in [9.17, 15) is 0 Å². The van der Waals surface area contributed by atoms with Gasteiger partial charge < -0.3 is 0 Å². The Bertz CT molecular complexity index is 24.7. The molecule has 2 heteroatoms. The Hall–Kier alpha value is 0.960. The lowest BCUT2D eigenvalue weighted by Crippen LogP contribution is -1.87. The molecule has 0 saturated heterocycles. The summed E-state index contributed by atoms with van der Waals surface area (Å²) >= 11 is 6.58. The van der Waals surface area contributed by atoms with E-state index >= 15 is 0 Å². The molecule has 0 spiro atoms. The summed E-state index contributed by atoms with van der Waals surface area (Å²) in [5.41, 5.74) is 0. The second-order valence-electron chi connectivity index (χ2n) is 1.05. The highest BCUT2D eigenvalue weighted by Gasteiger charge is 1.93. The van der Waals surface area contributed by atoms with Crippen LogP contribution in [0.1, 0.15) is 13.3 Å². The van der Waals surface area contributed by atoms with E-state index in [1.165, 1.54) is 0 Å². The van der Waals surface area contributed by atoms with Gasteiger partial charge in [0.2, 0.25) is 0 Å². The number of hydrogen-bond donors (Lipinski definition) is 0. The number of alkyl halides is 1. The van der Waals surface area contributed by atoms with Gasteiger partial charge in [-0.05, 0) is 6.42 Å². The molecule has 1 radical (unpaired) electrons. The molecule has 0 aliphatic heterocycles. The summed E-state index contributed by atoms with van der Waals surface area (Å²) in [6.07, 6.45) is 1.14. The minimum absolute atomic E-state index is 0.539. The number of rotatable bonds is 2.